The standard InChI is InChI=1S/C14H17N3O2/c15-17-16-13(9-14(18)19)8-10-5-6-11-3-1-2-4-12(11)7-10/h5-7,13H,1-4,8-9H2,(H,18,19). The molecule has 1 N–H and O–H groups in total. The fourth-order valence-corrected chi connectivity index (χ4v) is 2.61. The van der Waals surface area contributed by atoms with Crippen LogP contribution in [0.15, 0.2) is 23.3 Å². The predicted octanol–water partition coefficient (Wildman–Crippen LogP) is 3.26. The minimum Gasteiger partial charge on any atom is -0.481 e. The summed E-state index contributed by atoms with van der Waals surface area (Å²) in [6.45, 7) is 0. The van der Waals surface area contributed by atoms with Crippen molar-refractivity contribution in [3.63, 3.8) is 0 Å². The molecule has 0 bridgehead atoms. The maximum absolute atomic E-state index is 10.7. The molecule has 2 rings (SSSR count). The Hall–Kier alpha value is -2.00. The molecular weight excluding hydrogens is 242 g/mol. The van der Waals surface area contributed by atoms with Crippen LogP contribution in [0.4, 0.5) is 0 Å². The second-order valence-corrected chi connectivity index (χ2v) is 4.97. The number of carbonyl (C=O) groups is 1. The summed E-state index contributed by atoms with van der Waals surface area (Å²) in [5.74, 6) is -0.935. The number of aryl methyl sites for hydroxylation is 2. The van der Waals surface area contributed by atoms with Crippen molar-refractivity contribution in [3.8, 4) is 0 Å². The van der Waals surface area contributed by atoms with Gasteiger partial charge in [-0.3, -0.25) is 4.79 Å². The van der Waals surface area contributed by atoms with Gasteiger partial charge in [0.15, 0.2) is 0 Å². The lowest BCUT2D eigenvalue weighted by molar-refractivity contribution is -0.137. The molecule has 1 unspecified atom stereocenters. The van der Waals surface area contributed by atoms with Crippen LogP contribution in [-0.4, -0.2) is 17.1 Å². The van der Waals surface area contributed by atoms with Crippen LogP contribution in [0, 0.1) is 0 Å². The third-order valence-corrected chi connectivity index (χ3v) is 3.51. The molecule has 1 aliphatic carbocycles. The quantitative estimate of drug-likeness (QED) is 0.500. The Morgan fingerprint density at radius 2 is 2.11 bits per heavy atom. The monoisotopic (exact) mass is 259 g/mol. The summed E-state index contributed by atoms with van der Waals surface area (Å²) in [7, 11) is 0. The SMILES string of the molecule is [N-]=[N+]=NC(CC(=O)O)Cc1ccc2c(c1)CCCC2. The zero-order chi connectivity index (χ0) is 13.7. The van der Waals surface area contributed by atoms with Crippen molar-refractivity contribution in [3.05, 3.63) is 45.3 Å². The van der Waals surface area contributed by atoms with Crippen molar-refractivity contribution in [1.29, 1.82) is 0 Å². The highest BCUT2D eigenvalue weighted by Crippen LogP contribution is 2.23. The Labute approximate surface area is 111 Å². The second kappa shape index (κ2) is 6.25. The number of aliphatic carboxylic acids is 1. The van der Waals surface area contributed by atoms with Crippen LogP contribution in [0.1, 0.15) is 36.0 Å². The number of nitrogens with zero attached hydrogens (tertiary/aromatic N) is 3. The van der Waals surface area contributed by atoms with Crippen LogP contribution >= 0.6 is 0 Å². The summed E-state index contributed by atoms with van der Waals surface area (Å²) in [6.07, 6.45) is 5.04. The molecule has 0 radical (unpaired) electrons. The van der Waals surface area contributed by atoms with Crippen LogP contribution in [0.5, 0.6) is 0 Å². The highest BCUT2D eigenvalue weighted by molar-refractivity contribution is 5.67. The molecule has 1 atom stereocenters. The van der Waals surface area contributed by atoms with E-state index in [9.17, 15) is 4.79 Å². The molecule has 19 heavy (non-hydrogen) atoms. The molecule has 0 aromatic heterocycles. The van der Waals surface area contributed by atoms with Crippen molar-refractivity contribution >= 4 is 5.97 Å². The predicted molar refractivity (Wildman–Crippen MR) is 72.0 cm³/mol. The Morgan fingerprint density at radius 1 is 1.37 bits per heavy atom. The largest absolute Gasteiger partial charge is 0.481 e. The molecular formula is C14H17N3O2. The summed E-state index contributed by atoms with van der Waals surface area (Å²) in [5.41, 5.74) is 12.3. The number of fused-ring (bicyclic) bond motifs is 1. The van der Waals surface area contributed by atoms with Gasteiger partial charge in [-0.1, -0.05) is 23.3 Å². The summed E-state index contributed by atoms with van der Waals surface area (Å²) in [5, 5.41) is 12.4. The summed E-state index contributed by atoms with van der Waals surface area (Å²) >= 11 is 0. The van der Waals surface area contributed by atoms with Crippen molar-refractivity contribution in [2.45, 2.75) is 44.6 Å². The topological polar surface area (TPSA) is 86.1 Å². The average molecular weight is 259 g/mol. The van der Waals surface area contributed by atoms with Crippen molar-refractivity contribution in [2.24, 2.45) is 5.11 Å². The van der Waals surface area contributed by atoms with Gasteiger partial charge in [0.05, 0.1) is 12.5 Å². The third kappa shape index (κ3) is 3.73. The Bertz CT molecular complexity index is 521. The molecule has 0 fully saturated rings. The van der Waals surface area contributed by atoms with E-state index in [4.69, 9.17) is 10.6 Å². The van der Waals surface area contributed by atoms with Gasteiger partial charge in [0.2, 0.25) is 0 Å². The smallest absolute Gasteiger partial charge is 0.303 e. The van der Waals surface area contributed by atoms with Gasteiger partial charge in [-0.25, -0.2) is 0 Å². The minimum absolute atomic E-state index is 0.124. The third-order valence-electron chi connectivity index (χ3n) is 3.51. The van der Waals surface area contributed by atoms with E-state index < -0.39 is 12.0 Å². The Balaban J connectivity index is 2.12. The molecule has 5 nitrogen and oxygen atoms in total. The maximum atomic E-state index is 10.7. The normalized spacial score (nSPS) is 15.2. The van der Waals surface area contributed by atoms with Gasteiger partial charge in [0, 0.05) is 4.91 Å². The highest BCUT2D eigenvalue weighted by atomic mass is 16.4. The molecule has 0 aliphatic heterocycles. The van der Waals surface area contributed by atoms with Gasteiger partial charge in [-0.15, -0.1) is 0 Å². The van der Waals surface area contributed by atoms with Crippen molar-refractivity contribution in [1.82, 2.24) is 0 Å². The highest BCUT2D eigenvalue weighted by Gasteiger charge is 2.14. The van der Waals surface area contributed by atoms with E-state index in [-0.39, 0.29) is 6.42 Å². The number of hydrogen-bond acceptors (Lipinski definition) is 2. The molecule has 0 saturated heterocycles. The fourth-order valence-electron chi connectivity index (χ4n) is 2.61. The van der Waals surface area contributed by atoms with Crippen molar-refractivity contribution < 1.29 is 9.90 Å². The number of hydrogen-bond donors (Lipinski definition) is 1. The van der Waals surface area contributed by atoms with Gasteiger partial charge in [-0.05, 0) is 54.3 Å². The van der Waals surface area contributed by atoms with E-state index in [0.29, 0.717) is 6.42 Å². The molecule has 0 amide bonds. The summed E-state index contributed by atoms with van der Waals surface area (Å²) < 4.78 is 0. The van der Waals surface area contributed by atoms with Gasteiger partial charge < -0.3 is 5.11 Å². The van der Waals surface area contributed by atoms with E-state index in [1.165, 1.54) is 24.0 Å². The number of azide groups is 1. The lowest BCUT2D eigenvalue weighted by Gasteiger charge is -2.17. The lowest BCUT2D eigenvalue weighted by Crippen LogP contribution is -2.14. The average Bonchev–Trinajstić information content (AvgIpc) is 2.38. The first-order valence-corrected chi connectivity index (χ1v) is 6.55. The van der Waals surface area contributed by atoms with E-state index in [1.807, 2.05) is 6.07 Å². The number of rotatable bonds is 5. The number of carboxylic acids is 1. The minimum atomic E-state index is -0.935. The lowest BCUT2D eigenvalue weighted by atomic mass is 9.89. The van der Waals surface area contributed by atoms with Crippen LogP contribution in [0.3, 0.4) is 0 Å². The summed E-state index contributed by atoms with van der Waals surface area (Å²) in [4.78, 5) is 13.5. The fraction of sp³-hybridized carbons (Fsp3) is 0.500. The molecule has 5 heteroatoms. The molecule has 0 spiro atoms. The van der Waals surface area contributed by atoms with Gasteiger partial charge in [0.25, 0.3) is 0 Å². The molecule has 0 saturated carbocycles. The zero-order valence-electron chi connectivity index (χ0n) is 10.7. The number of benzene rings is 1. The van der Waals surface area contributed by atoms with Crippen LogP contribution in [0.2, 0.25) is 0 Å². The van der Waals surface area contributed by atoms with E-state index in [1.54, 1.807) is 0 Å². The van der Waals surface area contributed by atoms with Gasteiger partial charge in [0.1, 0.15) is 0 Å². The van der Waals surface area contributed by atoms with Crippen LogP contribution < -0.4 is 0 Å². The maximum Gasteiger partial charge on any atom is 0.303 e. The van der Waals surface area contributed by atoms with E-state index in [2.05, 4.69) is 22.2 Å². The molecule has 1 aromatic carbocycles. The second-order valence-electron chi connectivity index (χ2n) is 4.97. The van der Waals surface area contributed by atoms with Crippen molar-refractivity contribution in [2.75, 3.05) is 0 Å². The first kappa shape index (κ1) is 13.4. The Morgan fingerprint density at radius 3 is 2.79 bits per heavy atom. The first-order valence-electron chi connectivity index (χ1n) is 6.55. The van der Waals surface area contributed by atoms with Crippen LogP contribution in [0.25, 0.3) is 10.4 Å². The molecule has 1 aromatic rings. The molecule has 1 aliphatic rings. The molecule has 100 valence electrons. The van der Waals surface area contributed by atoms with E-state index in [0.717, 1.165) is 18.4 Å². The zero-order valence-corrected chi connectivity index (χ0v) is 10.7. The first-order chi connectivity index (χ1) is 9.19. The van der Waals surface area contributed by atoms with Gasteiger partial charge >= 0.3 is 5.97 Å². The Kier molecular flexibility index (Phi) is 4.42. The molecule has 0 heterocycles. The van der Waals surface area contributed by atoms with Gasteiger partial charge in [-0.2, -0.15) is 0 Å². The van der Waals surface area contributed by atoms with E-state index >= 15 is 0 Å². The number of carboxylic acid groups (broad SMARTS) is 1. The summed E-state index contributed by atoms with van der Waals surface area (Å²) in [6, 6.07) is 5.77. The van der Waals surface area contributed by atoms with Crippen LogP contribution in [-0.2, 0) is 24.1 Å².